The van der Waals surface area contributed by atoms with Crippen LogP contribution in [0.5, 0.6) is 5.75 Å². The lowest BCUT2D eigenvalue weighted by atomic mass is 10.1. The minimum absolute atomic E-state index is 0.151. The Morgan fingerprint density at radius 3 is 2.34 bits per heavy atom. The second-order valence-corrected chi connectivity index (χ2v) is 8.51. The first-order valence-corrected chi connectivity index (χ1v) is 12.4. The monoisotopic (exact) mass is 478 g/mol. The lowest BCUT2D eigenvalue weighted by Gasteiger charge is -2.35. The van der Waals surface area contributed by atoms with Gasteiger partial charge in [0.1, 0.15) is 0 Å². The van der Waals surface area contributed by atoms with Gasteiger partial charge in [-0.2, -0.15) is 5.10 Å². The van der Waals surface area contributed by atoms with E-state index in [0.29, 0.717) is 42.6 Å². The van der Waals surface area contributed by atoms with Gasteiger partial charge in [0.2, 0.25) is 0 Å². The molecule has 9 heteroatoms. The number of carbonyl (C=O) groups is 1. The van der Waals surface area contributed by atoms with Crippen molar-refractivity contribution in [3.05, 3.63) is 52.6 Å². The summed E-state index contributed by atoms with van der Waals surface area (Å²) in [5.41, 5.74) is 1.18. The maximum absolute atomic E-state index is 13.6. The summed E-state index contributed by atoms with van der Waals surface area (Å²) in [6.45, 7) is 8.34. The fraction of sp³-hybridized carbons (Fsp3) is 0.462. The van der Waals surface area contributed by atoms with Crippen LogP contribution in [0.15, 0.2) is 41.3 Å². The molecule has 2 aliphatic heterocycles. The number of fused-ring (bicyclic) bond motifs is 1. The number of carbonyl (C=O) groups excluding carboxylic acids is 1. The molecule has 1 aromatic carbocycles. The zero-order valence-electron chi connectivity index (χ0n) is 21.0. The Kier molecular flexibility index (Phi) is 7.53. The quantitative estimate of drug-likeness (QED) is 0.570. The van der Waals surface area contributed by atoms with Crippen molar-refractivity contribution in [2.45, 2.75) is 26.7 Å². The molecule has 5 rings (SSSR count). The second-order valence-electron chi connectivity index (χ2n) is 8.51. The fourth-order valence-electron chi connectivity index (χ4n) is 4.72. The van der Waals surface area contributed by atoms with Gasteiger partial charge >= 0.3 is 0 Å². The molecule has 2 aromatic heterocycles. The zero-order chi connectivity index (χ0) is 24.9. The molecule has 0 unspecified atom stereocenters. The van der Waals surface area contributed by atoms with Crippen molar-refractivity contribution in [2.24, 2.45) is 7.05 Å². The van der Waals surface area contributed by atoms with Gasteiger partial charge in [0, 0.05) is 63.6 Å². The highest BCUT2D eigenvalue weighted by Crippen LogP contribution is 2.28. The number of aromatic nitrogens is 3. The summed E-state index contributed by atoms with van der Waals surface area (Å²) in [4.78, 5) is 36.9. The molecule has 0 spiro atoms. The summed E-state index contributed by atoms with van der Waals surface area (Å²) in [6, 6.07) is 9.49. The predicted octanol–water partition coefficient (Wildman–Crippen LogP) is 2.93. The first-order valence-electron chi connectivity index (χ1n) is 12.4. The maximum Gasteiger partial charge on any atom is 0.275 e. The highest BCUT2D eigenvalue weighted by molar-refractivity contribution is 6.05. The third-order valence-corrected chi connectivity index (χ3v) is 6.54. The van der Waals surface area contributed by atoms with E-state index in [9.17, 15) is 9.59 Å². The second kappa shape index (κ2) is 10.8. The molecule has 2 saturated heterocycles. The van der Waals surface area contributed by atoms with Gasteiger partial charge in [0.05, 0.1) is 12.5 Å². The van der Waals surface area contributed by atoms with Crippen LogP contribution in [-0.4, -0.2) is 71.9 Å². The lowest BCUT2D eigenvalue weighted by molar-refractivity contribution is 0.0740. The van der Waals surface area contributed by atoms with Crippen LogP contribution < -0.4 is 20.1 Å². The largest absolute Gasteiger partial charge is 0.493 e. The van der Waals surface area contributed by atoms with Gasteiger partial charge in [-0.15, -0.1) is 0 Å². The Morgan fingerprint density at radius 1 is 0.943 bits per heavy atom. The molecule has 0 radical (unpaired) electrons. The van der Waals surface area contributed by atoms with Gasteiger partial charge < -0.3 is 19.4 Å². The van der Waals surface area contributed by atoms with Gasteiger partial charge in [-0.1, -0.05) is 13.8 Å². The van der Waals surface area contributed by atoms with Crippen LogP contribution in [0.3, 0.4) is 0 Å². The average molecular weight is 479 g/mol. The molecule has 0 atom stereocenters. The molecule has 0 saturated carbocycles. The summed E-state index contributed by atoms with van der Waals surface area (Å²) < 4.78 is 6.70. The number of aryl methyl sites for hydroxylation is 1. The number of amides is 1. The molecular formula is C26H34N6O3. The molecule has 0 bridgehead atoms. The topological polar surface area (TPSA) is 83.8 Å². The van der Waals surface area contributed by atoms with Crippen LogP contribution in [0.25, 0.3) is 10.8 Å². The summed E-state index contributed by atoms with van der Waals surface area (Å²) in [5.74, 6) is 1.35. The van der Waals surface area contributed by atoms with E-state index in [1.54, 1.807) is 25.3 Å². The summed E-state index contributed by atoms with van der Waals surface area (Å²) >= 11 is 0. The number of methoxy groups -OCH3 is 1. The van der Waals surface area contributed by atoms with Gasteiger partial charge in [0.15, 0.2) is 17.3 Å². The van der Waals surface area contributed by atoms with Crippen LogP contribution in [0, 0.1) is 0 Å². The fourth-order valence-corrected chi connectivity index (χ4v) is 4.72. The van der Waals surface area contributed by atoms with Crippen LogP contribution in [0.2, 0.25) is 0 Å². The highest BCUT2D eigenvalue weighted by Gasteiger charge is 2.27. The van der Waals surface area contributed by atoms with E-state index in [1.165, 1.54) is 4.68 Å². The summed E-state index contributed by atoms with van der Waals surface area (Å²) in [7, 11) is 3.23. The minimum Gasteiger partial charge on any atom is -0.493 e. The average Bonchev–Trinajstić information content (AvgIpc) is 3.46. The Bertz CT molecular complexity index is 1240. The normalized spacial score (nSPS) is 15.7. The van der Waals surface area contributed by atoms with Crippen molar-refractivity contribution >= 4 is 28.2 Å². The van der Waals surface area contributed by atoms with E-state index in [1.807, 2.05) is 44.2 Å². The number of rotatable bonds is 4. The maximum atomic E-state index is 13.6. The number of hydrogen-bond donors (Lipinski definition) is 0. The third kappa shape index (κ3) is 4.80. The molecule has 186 valence electrons. The number of nitrogens with zero attached hydrogens (tertiary/aromatic N) is 6. The smallest absolute Gasteiger partial charge is 0.275 e. The zero-order valence-corrected chi connectivity index (χ0v) is 21.0. The molecule has 2 fully saturated rings. The van der Waals surface area contributed by atoms with E-state index in [4.69, 9.17) is 4.74 Å². The van der Waals surface area contributed by atoms with Crippen molar-refractivity contribution in [3.63, 3.8) is 0 Å². The SMILES string of the molecule is CC.COc1cccnc1N1CCN(C(=O)c2nn(C)c(=O)c3ccc(N4CCCC4)cc23)CC1. The molecule has 3 aromatic rings. The summed E-state index contributed by atoms with van der Waals surface area (Å²) in [6.07, 6.45) is 4.06. The van der Waals surface area contributed by atoms with Crippen molar-refractivity contribution < 1.29 is 9.53 Å². The van der Waals surface area contributed by atoms with Gasteiger partial charge in [-0.25, -0.2) is 9.67 Å². The van der Waals surface area contributed by atoms with E-state index in [2.05, 4.69) is 19.9 Å². The molecular weight excluding hydrogens is 444 g/mol. The van der Waals surface area contributed by atoms with E-state index >= 15 is 0 Å². The molecule has 4 heterocycles. The number of ether oxygens (including phenoxy) is 1. The van der Waals surface area contributed by atoms with Crippen LogP contribution in [-0.2, 0) is 7.05 Å². The Labute approximate surface area is 205 Å². The van der Waals surface area contributed by atoms with Crippen molar-refractivity contribution in [2.75, 3.05) is 56.2 Å². The predicted molar refractivity (Wildman–Crippen MR) is 139 cm³/mol. The molecule has 35 heavy (non-hydrogen) atoms. The number of piperazine rings is 1. The third-order valence-electron chi connectivity index (χ3n) is 6.54. The van der Waals surface area contributed by atoms with E-state index < -0.39 is 0 Å². The molecule has 0 N–H and O–H groups in total. The van der Waals surface area contributed by atoms with E-state index in [-0.39, 0.29) is 11.5 Å². The lowest BCUT2D eigenvalue weighted by Crippen LogP contribution is -2.49. The molecule has 2 aliphatic rings. The first kappa shape index (κ1) is 24.5. The highest BCUT2D eigenvalue weighted by atomic mass is 16.5. The molecule has 9 nitrogen and oxygen atoms in total. The van der Waals surface area contributed by atoms with Crippen LogP contribution in [0.1, 0.15) is 37.2 Å². The standard InChI is InChI=1S/C24H28N6O3.C2H6/c1-27-23(31)18-8-7-17(28-10-3-4-11-28)16-19(18)21(26-27)24(32)30-14-12-29(13-15-30)22-20(33-2)6-5-9-25-22;1-2/h5-9,16H,3-4,10-15H2,1-2H3;1-2H3. The van der Waals surface area contributed by atoms with Crippen LogP contribution in [0.4, 0.5) is 11.5 Å². The van der Waals surface area contributed by atoms with Crippen molar-refractivity contribution in [1.82, 2.24) is 19.7 Å². The van der Waals surface area contributed by atoms with Crippen molar-refractivity contribution in [1.29, 1.82) is 0 Å². The molecule has 1 amide bonds. The Morgan fingerprint density at radius 2 is 1.66 bits per heavy atom. The molecule has 0 aliphatic carbocycles. The van der Waals surface area contributed by atoms with Crippen molar-refractivity contribution in [3.8, 4) is 5.75 Å². The minimum atomic E-state index is -0.193. The number of benzene rings is 1. The Hall–Kier alpha value is -3.62. The van der Waals surface area contributed by atoms with Gasteiger partial charge in [0.25, 0.3) is 11.5 Å². The number of anilines is 2. The summed E-state index contributed by atoms with van der Waals surface area (Å²) in [5, 5.41) is 5.55. The van der Waals surface area contributed by atoms with Gasteiger partial charge in [-0.05, 0) is 43.2 Å². The Balaban J connectivity index is 0.00000141. The van der Waals surface area contributed by atoms with Gasteiger partial charge in [-0.3, -0.25) is 9.59 Å². The first-order chi connectivity index (χ1) is 17.1. The number of hydrogen-bond acceptors (Lipinski definition) is 7. The number of pyridine rings is 1. The van der Waals surface area contributed by atoms with Crippen LogP contribution >= 0.6 is 0 Å². The van der Waals surface area contributed by atoms with E-state index in [0.717, 1.165) is 43.2 Å².